The molecule has 1 aromatic rings. The molecule has 1 aliphatic rings. The third-order valence-corrected chi connectivity index (χ3v) is 2.63. The molecular formula is C11H18N4. The highest BCUT2D eigenvalue weighted by Gasteiger charge is 2.27. The molecule has 1 aliphatic carbocycles. The summed E-state index contributed by atoms with van der Waals surface area (Å²) in [6.07, 6.45) is 5.49. The lowest BCUT2D eigenvalue weighted by atomic mass is 10.4. The van der Waals surface area contributed by atoms with Gasteiger partial charge < -0.3 is 10.2 Å². The van der Waals surface area contributed by atoms with Crippen molar-refractivity contribution in [1.82, 2.24) is 9.97 Å². The van der Waals surface area contributed by atoms with Crippen LogP contribution < -0.4 is 10.2 Å². The molecule has 0 aliphatic heterocycles. The highest BCUT2D eigenvalue weighted by molar-refractivity contribution is 5.43. The summed E-state index contributed by atoms with van der Waals surface area (Å²) < 4.78 is 0. The first-order chi connectivity index (χ1) is 7.31. The van der Waals surface area contributed by atoms with E-state index in [2.05, 4.69) is 34.2 Å². The van der Waals surface area contributed by atoms with Gasteiger partial charge in [0.25, 0.3) is 0 Å². The van der Waals surface area contributed by atoms with E-state index in [1.165, 1.54) is 12.8 Å². The Hall–Kier alpha value is -1.32. The van der Waals surface area contributed by atoms with Crippen LogP contribution in [0.2, 0.25) is 0 Å². The van der Waals surface area contributed by atoms with Crippen molar-refractivity contribution in [3.8, 4) is 0 Å². The van der Waals surface area contributed by atoms with Crippen molar-refractivity contribution in [2.45, 2.75) is 32.2 Å². The second-order valence-electron chi connectivity index (χ2n) is 4.01. The van der Waals surface area contributed by atoms with E-state index in [0.717, 1.165) is 24.7 Å². The van der Waals surface area contributed by atoms with E-state index in [0.29, 0.717) is 6.04 Å². The molecule has 0 bridgehead atoms. The van der Waals surface area contributed by atoms with Gasteiger partial charge in [-0.3, -0.25) is 0 Å². The Balaban J connectivity index is 2.04. The molecule has 1 fully saturated rings. The monoisotopic (exact) mass is 206 g/mol. The maximum atomic E-state index is 4.48. The summed E-state index contributed by atoms with van der Waals surface area (Å²) in [6.45, 7) is 3.06. The van der Waals surface area contributed by atoms with Gasteiger partial charge in [-0.15, -0.1) is 0 Å². The predicted molar refractivity (Wildman–Crippen MR) is 62.2 cm³/mol. The molecule has 15 heavy (non-hydrogen) atoms. The average molecular weight is 206 g/mol. The minimum absolute atomic E-state index is 0.693. The van der Waals surface area contributed by atoms with Crippen molar-refractivity contribution >= 4 is 11.8 Å². The third kappa shape index (κ3) is 2.58. The van der Waals surface area contributed by atoms with E-state index in [1.807, 2.05) is 12.3 Å². The molecule has 0 amide bonds. The van der Waals surface area contributed by atoms with Gasteiger partial charge in [-0.2, -0.15) is 4.98 Å². The van der Waals surface area contributed by atoms with Gasteiger partial charge in [0.15, 0.2) is 0 Å². The molecule has 2 rings (SSSR count). The van der Waals surface area contributed by atoms with Gasteiger partial charge in [0, 0.05) is 25.8 Å². The Bertz CT molecular complexity index is 322. The number of aromatic nitrogens is 2. The van der Waals surface area contributed by atoms with Crippen LogP contribution in [0.15, 0.2) is 12.3 Å². The lowest BCUT2D eigenvalue weighted by molar-refractivity contribution is 0.879. The number of hydrogen-bond acceptors (Lipinski definition) is 4. The molecule has 0 aromatic carbocycles. The van der Waals surface area contributed by atoms with Crippen LogP contribution in [0, 0.1) is 0 Å². The van der Waals surface area contributed by atoms with Crippen molar-refractivity contribution in [2.24, 2.45) is 0 Å². The Labute approximate surface area is 90.7 Å². The minimum atomic E-state index is 0.693. The maximum absolute atomic E-state index is 4.48. The SMILES string of the molecule is CCCNc1nccc(N(C)C2CC2)n1. The highest BCUT2D eigenvalue weighted by Crippen LogP contribution is 2.28. The molecule has 0 radical (unpaired) electrons. The molecule has 0 saturated heterocycles. The van der Waals surface area contributed by atoms with Gasteiger partial charge in [-0.1, -0.05) is 6.92 Å². The van der Waals surface area contributed by atoms with Gasteiger partial charge in [0.05, 0.1) is 0 Å². The summed E-state index contributed by atoms with van der Waals surface area (Å²) in [5.41, 5.74) is 0. The smallest absolute Gasteiger partial charge is 0.224 e. The zero-order valence-corrected chi connectivity index (χ0v) is 9.40. The van der Waals surface area contributed by atoms with Gasteiger partial charge in [0.2, 0.25) is 5.95 Å². The van der Waals surface area contributed by atoms with Crippen LogP contribution >= 0.6 is 0 Å². The van der Waals surface area contributed by atoms with Crippen molar-refractivity contribution in [1.29, 1.82) is 0 Å². The van der Waals surface area contributed by atoms with E-state index >= 15 is 0 Å². The van der Waals surface area contributed by atoms with E-state index in [4.69, 9.17) is 0 Å². The Morgan fingerprint density at radius 1 is 1.53 bits per heavy atom. The van der Waals surface area contributed by atoms with Crippen LogP contribution in [0.25, 0.3) is 0 Å². The van der Waals surface area contributed by atoms with Crippen LogP contribution in [0.3, 0.4) is 0 Å². The summed E-state index contributed by atoms with van der Waals surface area (Å²) in [7, 11) is 2.10. The molecule has 0 spiro atoms. The van der Waals surface area contributed by atoms with Crippen molar-refractivity contribution in [3.05, 3.63) is 12.3 Å². The average Bonchev–Trinajstić information content (AvgIpc) is 3.09. The molecule has 1 aromatic heterocycles. The summed E-state index contributed by atoms with van der Waals surface area (Å²) in [5.74, 6) is 1.76. The van der Waals surface area contributed by atoms with Crippen molar-refractivity contribution in [2.75, 3.05) is 23.8 Å². The topological polar surface area (TPSA) is 41.1 Å². The van der Waals surface area contributed by atoms with E-state index in [1.54, 1.807) is 0 Å². The highest BCUT2D eigenvalue weighted by atomic mass is 15.2. The molecule has 4 nitrogen and oxygen atoms in total. The Morgan fingerprint density at radius 2 is 2.33 bits per heavy atom. The zero-order valence-electron chi connectivity index (χ0n) is 9.40. The third-order valence-electron chi connectivity index (χ3n) is 2.63. The first-order valence-corrected chi connectivity index (χ1v) is 5.61. The van der Waals surface area contributed by atoms with E-state index in [9.17, 15) is 0 Å². The molecule has 1 N–H and O–H groups in total. The molecule has 82 valence electrons. The second-order valence-corrected chi connectivity index (χ2v) is 4.01. The van der Waals surface area contributed by atoms with Gasteiger partial charge in [-0.25, -0.2) is 4.98 Å². The van der Waals surface area contributed by atoms with Crippen molar-refractivity contribution < 1.29 is 0 Å². The van der Waals surface area contributed by atoms with Gasteiger partial charge in [-0.05, 0) is 25.3 Å². The first-order valence-electron chi connectivity index (χ1n) is 5.61. The fourth-order valence-corrected chi connectivity index (χ4v) is 1.52. The molecular weight excluding hydrogens is 188 g/mol. The second kappa shape index (κ2) is 4.47. The van der Waals surface area contributed by atoms with E-state index in [-0.39, 0.29) is 0 Å². The van der Waals surface area contributed by atoms with Crippen LogP contribution in [0.1, 0.15) is 26.2 Å². The number of hydrogen-bond donors (Lipinski definition) is 1. The van der Waals surface area contributed by atoms with Crippen LogP contribution in [0.5, 0.6) is 0 Å². The van der Waals surface area contributed by atoms with Gasteiger partial charge in [0.1, 0.15) is 5.82 Å². The molecule has 1 saturated carbocycles. The molecule has 1 heterocycles. The minimum Gasteiger partial charge on any atom is -0.357 e. The fourth-order valence-electron chi connectivity index (χ4n) is 1.52. The normalized spacial score (nSPS) is 15.1. The lowest BCUT2D eigenvalue weighted by Crippen LogP contribution is -2.21. The largest absolute Gasteiger partial charge is 0.357 e. The zero-order chi connectivity index (χ0) is 10.7. The Kier molecular flexibility index (Phi) is 3.04. The number of nitrogens with one attached hydrogen (secondary N) is 1. The summed E-state index contributed by atoms with van der Waals surface area (Å²) in [4.78, 5) is 10.9. The van der Waals surface area contributed by atoms with Gasteiger partial charge >= 0.3 is 0 Å². The van der Waals surface area contributed by atoms with E-state index < -0.39 is 0 Å². The Morgan fingerprint density at radius 3 is 3.00 bits per heavy atom. The van der Waals surface area contributed by atoms with Crippen LogP contribution in [-0.4, -0.2) is 29.6 Å². The molecule has 0 unspecified atom stereocenters. The summed E-state index contributed by atoms with van der Waals surface area (Å²) >= 11 is 0. The van der Waals surface area contributed by atoms with Crippen molar-refractivity contribution in [3.63, 3.8) is 0 Å². The van der Waals surface area contributed by atoms with Crippen LogP contribution in [-0.2, 0) is 0 Å². The number of anilines is 2. The molecule has 4 heteroatoms. The maximum Gasteiger partial charge on any atom is 0.224 e. The summed E-state index contributed by atoms with van der Waals surface area (Å²) in [5, 5.41) is 3.20. The van der Waals surface area contributed by atoms with Crippen LogP contribution in [0.4, 0.5) is 11.8 Å². The fraction of sp³-hybridized carbons (Fsp3) is 0.636. The molecule has 0 atom stereocenters. The number of rotatable bonds is 5. The predicted octanol–water partition coefficient (Wildman–Crippen LogP) is 1.90. The standard InChI is InChI=1S/C11H18N4/c1-3-7-12-11-13-8-6-10(14-11)15(2)9-4-5-9/h6,8-9H,3-5,7H2,1-2H3,(H,12,13,14). The lowest BCUT2D eigenvalue weighted by Gasteiger charge is -2.17. The number of nitrogens with zero attached hydrogens (tertiary/aromatic N) is 3. The quantitative estimate of drug-likeness (QED) is 0.799. The first kappa shape index (κ1) is 10.2. The summed E-state index contributed by atoms with van der Waals surface area (Å²) in [6, 6.07) is 2.66.